The van der Waals surface area contributed by atoms with E-state index in [1.165, 1.54) is 7.11 Å². The molecule has 7 heteroatoms. The lowest BCUT2D eigenvalue weighted by Crippen LogP contribution is -2.08. The molecule has 0 saturated heterocycles. The Balaban J connectivity index is 3.28. The van der Waals surface area contributed by atoms with Gasteiger partial charge in [0, 0.05) is 12.1 Å². The Kier molecular flexibility index (Phi) is 3.62. The topological polar surface area (TPSA) is 119 Å². The van der Waals surface area contributed by atoms with Crippen LogP contribution in [-0.2, 0) is 16.0 Å². The van der Waals surface area contributed by atoms with Gasteiger partial charge in [-0.3, -0.25) is 14.9 Å². The van der Waals surface area contributed by atoms with Crippen LogP contribution in [0.25, 0.3) is 0 Å². The minimum Gasteiger partial charge on any atom is -0.469 e. The smallest absolute Gasteiger partial charge is 0.310 e. The molecule has 1 aromatic rings. The minimum absolute atomic E-state index is 0.0295. The van der Waals surface area contributed by atoms with E-state index >= 15 is 0 Å². The van der Waals surface area contributed by atoms with Gasteiger partial charge in [-0.25, -0.2) is 0 Å². The molecule has 0 aromatic heterocycles. The number of hydrogen-bond donors (Lipinski definition) is 1. The van der Waals surface area contributed by atoms with Crippen LogP contribution in [0.1, 0.15) is 11.1 Å². The first kappa shape index (κ1) is 12.4. The second kappa shape index (κ2) is 4.94. The molecule has 0 bridgehead atoms. The van der Waals surface area contributed by atoms with Gasteiger partial charge in [-0.05, 0) is 5.56 Å². The van der Waals surface area contributed by atoms with Crippen LogP contribution < -0.4 is 5.73 Å². The Hall–Kier alpha value is -2.62. The van der Waals surface area contributed by atoms with E-state index in [1.807, 2.05) is 0 Å². The van der Waals surface area contributed by atoms with Gasteiger partial charge in [0.2, 0.25) is 0 Å². The zero-order chi connectivity index (χ0) is 13.0. The number of carbonyl (C=O) groups excluding carboxylic acids is 1. The number of nitro groups is 1. The average molecular weight is 235 g/mol. The van der Waals surface area contributed by atoms with Gasteiger partial charge >= 0.3 is 5.97 Å². The number of nitriles is 1. The van der Waals surface area contributed by atoms with Crippen LogP contribution in [0.15, 0.2) is 12.1 Å². The van der Waals surface area contributed by atoms with E-state index in [1.54, 1.807) is 6.07 Å². The molecule has 0 aliphatic heterocycles. The molecule has 0 radical (unpaired) electrons. The van der Waals surface area contributed by atoms with E-state index in [4.69, 9.17) is 11.0 Å². The van der Waals surface area contributed by atoms with Crippen molar-refractivity contribution in [3.05, 3.63) is 33.4 Å². The molecule has 0 fully saturated rings. The fourth-order valence-corrected chi connectivity index (χ4v) is 1.27. The summed E-state index contributed by atoms with van der Waals surface area (Å²) in [6, 6.07) is 3.97. The van der Waals surface area contributed by atoms with Crippen LogP contribution in [0.2, 0.25) is 0 Å². The highest BCUT2D eigenvalue weighted by atomic mass is 16.6. The van der Waals surface area contributed by atoms with Gasteiger partial charge < -0.3 is 10.5 Å². The number of benzene rings is 1. The molecule has 88 valence electrons. The summed E-state index contributed by atoms with van der Waals surface area (Å²) in [5.74, 6) is -0.582. The van der Waals surface area contributed by atoms with Crippen LogP contribution in [0, 0.1) is 21.4 Å². The molecule has 0 atom stereocenters. The first-order valence-electron chi connectivity index (χ1n) is 4.53. The fraction of sp³-hybridized carbons (Fsp3) is 0.200. The van der Waals surface area contributed by atoms with Crippen molar-refractivity contribution < 1.29 is 14.5 Å². The first-order valence-corrected chi connectivity index (χ1v) is 4.53. The molecule has 0 aliphatic carbocycles. The van der Waals surface area contributed by atoms with Crippen molar-refractivity contribution in [3.8, 4) is 6.07 Å². The number of nitro benzene ring substituents is 1. The van der Waals surface area contributed by atoms with Crippen LogP contribution in [0.3, 0.4) is 0 Å². The number of nitrogen functional groups attached to an aromatic ring is 1. The molecule has 0 aliphatic rings. The molecule has 1 aromatic carbocycles. The van der Waals surface area contributed by atoms with Crippen molar-refractivity contribution in [1.82, 2.24) is 0 Å². The monoisotopic (exact) mass is 235 g/mol. The van der Waals surface area contributed by atoms with Gasteiger partial charge in [0.05, 0.1) is 29.7 Å². The number of non-ortho nitro benzene ring substituents is 1. The van der Waals surface area contributed by atoms with Gasteiger partial charge in [0.25, 0.3) is 5.69 Å². The summed E-state index contributed by atoms with van der Waals surface area (Å²) in [5.41, 5.74) is 5.57. The van der Waals surface area contributed by atoms with Gasteiger partial charge in [-0.1, -0.05) is 0 Å². The number of carbonyl (C=O) groups is 1. The third-order valence-electron chi connectivity index (χ3n) is 2.14. The second-order valence-corrected chi connectivity index (χ2v) is 3.19. The lowest BCUT2D eigenvalue weighted by atomic mass is 10.0. The lowest BCUT2D eigenvalue weighted by molar-refractivity contribution is -0.384. The van der Waals surface area contributed by atoms with Gasteiger partial charge in [0.15, 0.2) is 0 Å². The van der Waals surface area contributed by atoms with Crippen molar-refractivity contribution in [1.29, 1.82) is 5.26 Å². The third kappa shape index (κ3) is 2.69. The number of methoxy groups -OCH3 is 1. The summed E-state index contributed by atoms with van der Waals surface area (Å²) in [6.07, 6.45) is -0.210. The zero-order valence-corrected chi connectivity index (χ0v) is 8.97. The Morgan fingerprint density at radius 1 is 1.65 bits per heavy atom. The SMILES string of the molecule is COC(=O)Cc1cc([N+](=O)[O-])cc(C#N)c1N. The maximum atomic E-state index is 11.1. The highest BCUT2D eigenvalue weighted by molar-refractivity contribution is 5.77. The molecule has 2 N–H and O–H groups in total. The molecule has 0 amide bonds. The maximum absolute atomic E-state index is 11.1. The number of nitrogens with two attached hydrogens (primary N) is 1. The molecular formula is C10H9N3O4. The highest BCUT2D eigenvalue weighted by Crippen LogP contribution is 2.24. The van der Waals surface area contributed by atoms with Crippen molar-refractivity contribution >= 4 is 17.3 Å². The fourth-order valence-electron chi connectivity index (χ4n) is 1.27. The Labute approximate surface area is 96.6 Å². The van der Waals surface area contributed by atoms with Crippen molar-refractivity contribution in [2.75, 3.05) is 12.8 Å². The summed E-state index contributed by atoms with van der Waals surface area (Å²) < 4.78 is 4.44. The van der Waals surface area contributed by atoms with Gasteiger partial charge in [-0.15, -0.1) is 0 Å². The molecule has 7 nitrogen and oxygen atoms in total. The summed E-state index contributed by atoms with van der Waals surface area (Å²) >= 11 is 0. The molecule has 0 saturated carbocycles. The molecule has 0 spiro atoms. The Morgan fingerprint density at radius 3 is 2.76 bits per heavy atom. The van der Waals surface area contributed by atoms with Crippen LogP contribution in [-0.4, -0.2) is 18.0 Å². The highest BCUT2D eigenvalue weighted by Gasteiger charge is 2.16. The molecular weight excluding hydrogens is 226 g/mol. The van der Waals surface area contributed by atoms with Gasteiger partial charge in [-0.2, -0.15) is 5.26 Å². The minimum atomic E-state index is -0.652. The third-order valence-corrected chi connectivity index (χ3v) is 2.14. The predicted octanol–water partition coefficient (Wildman–Crippen LogP) is 0.764. The molecule has 1 rings (SSSR count). The number of esters is 1. The van der Waals surface area contributed by atoms with E-state index < -0.39 is 10.9 Å². The quantitative estimate of drug-likeness (QED) is 0.357. The van der Waals surface area contributed by atoms with Crippen LogP contribution in [0.4, 0.5) is 11.4 Å². The second-order valence-electron chi connectivity index (χ2n) is 3.19. The summed E-state index contributed by atoms with van der Waals surface area (Å²) in [5, 5.41) is 19.4. The summed E-state index contributed by atoms with van der Waals surface area (Å²) in [6.45, 7) is 0. The van der Waals surface area contributed by atoms with Crippen LogP contribution in [0.5, 0.6) is 0 Å². The van der Waals surface area contributed by atoms with Gasteiger partial charge in [0.1, 0.15) is 6.07 Å². The normalized spacial score (nSPS) is 9.41. The number of rotatable bonds is 3. The van der Waals surface area contributed by atoms with E-state index in [9.17, 15) is 14.9 Å². The Bertz CT molecular complexity index is 519. The van der Waals surface area contributed by atoms with Crippen molar-refractivity contribution in [3.63, 3.8) is 0 Å². The number of ether oxygens (including phenoxy) is 1. The van der Waals surface area contributed by atoms with Crippen molar-refractivity contribution in [2.24, 2.45) is 0 Å². The van der Waals surface area contributed by atoms with E-state index in [-0.39, 0.29) is 28.9 Å². The summed E-state index contributed by atoms with van der Waals surface area (Å²) in [4.78, 5) is 21.1. The molecule has 17 heavy (non-hydrogen) atoms. The average Bonchev–Trinajstić information content (AvgIpc) is 2.31. The summed E-state index contributed by atoms with van der Waals surface area (Å²) in [7, 11) is 1.20. The first-order chi connectivity index (χ1) is 7.99. The van der Waals surface area contributed by atoms with Crippen LogP contribution >= 0.6 is 0 Å². The maximum Gasteiger partial charge on any atom is 0.310 e. The number of hydrogen-bond acceptors (Lipinski definition) is 6. The number of anilines is 1. The zero-order valence-electron chi connectivity index (χ0n) is 8.97. The molecule has 0 unspecified atom stereocenters. The lowest BCUT2D eigenvalue weighted by Gasteiger charge is -2.06. The number of nitrogens with zero attached hydrogens (tertiary/aromatic N) is 2. The standard InChI is InChI=1S/C10H9N3O4/c1-17-9(14)4-6-2-8(13(15)16)3-7(5-11)10(6)12/h2-3H,4,12H2,1H3. The molecule has 0 heterocycles. The van der Waals surface area contributed by atoms with Crippen molar-refractivity contribution in [2.45, 2.75) is 6.42 Å². The largest absolute Gasteiger partial charge is 0.469 e. The van der Waals surface area contributed by atoms with E-state index in [2.05, 4.69) is 4.74 Å². The Morgan fingerprint density at radius 2 is 2.29 bits per heavy atom. The predicted molar refractivity (Wildman–Crippen MR) is 57.9 cm³/mol. The van der Waals surface area contributed by atoms with E-state index in [0.29, 0.717) is 0 Å². The van der Waals surface area contributed by atoms with E-state index in [0.717, 1.165) is 12.1 Å².